The molecule has 2 aromatic heterocycles. The fraction of sp³-hybridized carbons (Fsp3) is 0.103. The van der Waals surface area contributed by atoms with E-state index in [1.165, 1.54) is 22.3 Å². The summed E-state index contributed by atoms with van der Waals surface area (Å²) in [5.74, 6) is 0.277. The van der Waals surface area contributed by atoms with E-state index in [0.29, 0.717) is 0 Å². The molecule has 0 saturated carbocycles. The number of rotatable bonds is 6. The summed E-state index contributed by atoms with van der Waals surface area (Å²) in [6.07, 6.45) is 2.71. The van der Waals surface area contributed by atoms with Crippen LogP contribution in [0.5, 0.6) is 5.75 Å². The van der Waals surface area contributed by atoms with Crippen LogP contribution >= 0.6 is 0 Å². The van der Waals surface area contributed by atoms with E-state index in [4.69, 9.17) is 0 Å². The van der Waals surface area contributed by atoms with Gasteiger partial charge in [-0.3, -0.25) is 10.1 Å². The zero-order valence-electron chi connectivity index (χ0n) is 18.6. The first-order valence-electron chi connectivity index (χ1n) is 11.4. The maximum absolute atomic E-state index is 9.53. The third-order valence-corrected chi connectivity index (χ3v) is 6.39. The van der Waals surface area contributed by atoms with Gasteiger partial charge in [-0.25, -0.2) is 0 Å². The van der Waals surface area contributed by atoms with Crippen LogP contribution in [-0.2, 0) is 19.5 Å². The quantitative estimate of drug-likeness (QED) is 0.308. The van der Waals surface area contributed by atoms with Crippen molar-refractivity contribution in [3.8, 4) is 39.4 Å². The summed E-state index contributed by atoms with van der Waals surface area (Å²) in [4.78, 5) is 4.37. The Balaban J connectivity index is 1.18. The molecule has 3 aromatic carbocycles. The van der Waals surface area contributed by atoms with Crippen LogP contribution in [0.2, 0.25) is 0 Å². The van der Waals surface area contributed by atoms with Crippen LogP contribution in [0.3, 0.4) is 0 Å². The molecule has 0 aliphatic heterocycles. The third kappa shape index (κ3) is 3.87. The maximum atomic E-state index is 9.53. The van der Waals surface area contributed by atoms with Gasteiger partial charge in [-0.15, -0.1) is 0 Å². The Labute approximate surface area is 198 Å². The molecule has 5 nitrogen and oxygen atoms in total. The Morgan fingerprint density at radius 2 is 1.59 bits per heavy atom. The Kier molecular flexibility index (Phi) is 5.17. The van der Waals surface area contributed by atoms with Gasteiger partial charge in [0.25, 0.3) is 0 Å². The van der Waals surface area contributed by atoms with Crippen LogP contribution in [0.15, 0.2) is 91.1 Å². The predicted molar refractivity (Wildman–Crippen MR) is 134 cm³/mol. The van der Waals surface area contributed by atoms with Gasteiger partial charge >= 0.3 is 0 Å². The Morgan fingerprint density at radius 1 is 0.824 bits per heavy atom. The van der Waals surface area contributed by atoms with Gasteiger partial charge in [-0.05, 0) is 46.5 Å². The van der Waals surface area contributed by atoms with Gasteiger partial charge in [0, 0.05) is 42.4 Å². The number of aromatic nitrogens is 3. The second kappa shape index (κ2) is 8.61. The smallest absolute Gasteiger partial charge is 0.115 e. The SMILES string of the molecule is Oc1ccc(-c2ccc(-c3n[nH]c4c3Cc3cc(CNCc5ccccn5)ccc3-4)cc2)cc1. The summed E-state index contributed by atoms with van der Waals surface area (Å²) in [5.41, 5.74) is 11.6. The number of benzene rings is 3. The van der Waals surface area contributed by atoms with Crippen molar-refractivity contribution in [3.63, 3.8) is 0 Å². The zero-order chi connectivity index (χ0) is 22.9. The van der Waals surface area contributed by atoms with E-state index < -0.39 is 0 Å². The minimum atomic E-state index is 0.277. The lowest BCUT2D eigenvalue weighted by Crippen LogP contribution is -2.13. The van der Waals surface area contributed by atoms with Gasteiger partial charge in [0.1, 0.15) is 5.75 Å². The summed E-state index contributed by atoms with van der Waals surface area (Å²) in [7, 11) is 0. The zero-order valence-corrected chi connectivity index (χ0v) is 18.6. The van der Waals surface area contributed by atoms with E-state index in [0.717, 1.165) is 53.3 Å². The lowest BCUT2D eigenvalue weighted by Gasteiger charge is -2.07. The second-order valence-electron chi connectivity index (χ2n) is 8.64. The molecule has 34 heavy (non-hydrogen) atoms. The standard InChI is InChI=1S/C29H24N4O/c34-25-11-9-21(10-12-25)20-5-7-22(8-6-20)28-27-16-23-15-19(4-13-26(23)29(27)33-32-28)17-30-18-24-3-1-2-14-31-24/h1-15,30,34H,16-18H2,(H,32,33). The molecule has 166 valence electrons. The molecule has 0 saturated heterocycles. The molecular formula is C29H24N4O. The molecule has 0 atom stereocenters. The lowest BCUT2D eigenvalue weighted by atomic mass is 10.0. The van der Waals surface area contributed by atoms with Crippen LogP contribution in [0.4, 0.5) is 0 Å². The van der Waals surface area contributed by atoms with Crippen LogP contribution in [0.1, 0.15) is 22.4 Å². The van der Waals surface area contributed by atoms with Crippen LogP contribution in [0.25, 0.3) is 33.6 Å². The molecule has 0 bridgehead atoms. The number of aromatic hydroxyl groups is 1. The number of pyridine rings is 1. The van der Waals surface area contributed by atoms with E-state index in [9.17, 15) is 5.11 Å². The fourth-order valence-electron chi connectivity index (χ4n) is 4.65. The van der Waals surface area contributed by atoms with Crippen molar-refractivity contribution in [1.82, 2.24) is 20.5 Å². The summed E-state index contributed by atoms with van der Waals surface area (Å²) >= 11 is 0. The van der Waals surface area contributed by atoms with Crippen molar-refractivity contribution in [2.45, 2.75) is 19.5 Å². The molecule has 0 unspecified atom stereocenters. The summed E-state index contributed by atoms with van der Waals surface area (Å²) in [6.45, 7) is 1.56. The van der Waals surface area contributed by atoms with E-state index >= 15 is 0 Å². The Hall–Kier alpha value is -4.22. The molecule has 2 heterocycles. The normalized spacial score (nSPS) is 11.9. The highest BCUT2D eigenvalue weighted by molar-refractivity contribution is 5.82. The topological polar surface area (TPSA) is 73.8 Å². The highest BCUT2D eigenvalue weighted by atomic mass is 16.3. The minimum absolute atomic E-state index is 0.277. The number of nitrogens with one attached hydrogen (secondary N) is 2. The molecule has 3 N–H and O–H groups in total. The average molecular weight is 445 g/mol. The first kappa shape index (κ1) is 20.4. The Morgan fingerprint density at radius 3 is 2.35 bits per heavy atom. The van der Waals surface area contributed by atoms with Gasteiger partial charge in [0.15, 0.2) is 0 Å². The van der Waals surface area contributed by atoms with E-state index in [1.54, 1.807) is 12.1 Å². The maximum Gasteiger partial charge on any atom is 0.115 e. The van der Waals surface area contributed by atoms with Crippen molar-refractivity contribution in [2.75, 3.05) is 0 Å². The number of H-pyrrole nitrogens is 1. The molecule has 5 heteroatoms. The van der Waals surface area contributed by atoms with E-state index in [-0.39, 0.29) is 5.75 Å². The van der Waals surface area contributed by atoms with Crippen LogP contribution in [-0.4, -0.2) is 20.3 Å². The largest absolute Gasteiger partial charge is 0.508 e. The van der Waals surface area contributed by atoms with Crippen molar-refractivity contribution in [1.29, 1.82) is 0 Å². The first-order chi connectivity index (χ1) is 16.7. The summed E-state index contributed by atoms with van der Waals surface area (Å²) in [6, 6.07) is 28.4. The number of nitrogens with zero attached hydrogens (tertiary/aromatic N) is 2. The highest BCUT2D eigenvalue weighted by Gasteiger charge is 2.25. The number of fused-ring (bicyclic) bond motifs is 3. The minimum Gasteiger partial charge on any atom is -0.508 e. The molecule has 0 fully saturated rings. The summed E-state index contributed by atoms with van der Waals surface area (Å²) < 4.78 is 0. The first-order valence-corrected chi connectivity index (χ1v) is 11.4. The molecule has 0 radical (unpaired) electrons. The molecule has 0 amide bonds. The molecule has 6 rings (SSSR count). The van der Waals surface area contributed by atoms with Crippen molar-refractivity contribution >= 4 is 0 Å². The van der Waals surface area contributed by atoms with Crippen LogP contribution in [0, 0.1) is 0 Å². The van der Waals surface area contributed by atoms with Crippen molar-refractivity contribution < 1.29 is 5.11 Å². The average Bonchev–Trinajstić information content (AvgIpc) is 3.44. The number of phenols is 1. The summed E-state index contributed by atoms with van der Waals surface area (Å²) in [5, 5.41) is 20.9. The molecule has 1 aliphatic carbocycles. The fourth-order valence-corrected chi connectivity index (χ4v) is 4.65. The van der Waals surface area contributed by atoms with Gasteiger partial charge in [0.2, 0.25) is 0 Å². The molecule has 1 aliphatic rings. The van der Waals surface area contributed by atoms with Gasteiger partial charge in [0.05, 0.1) is 17.1 Å². The molecule has 0 spiro atoms. The number of phenolic OH excluding ortho intramolecular Hbond substituents is 1. The van der Waals surface area contributed by atoms with Crippen molar-refractivity contribution in [3.05, 3.63) is 114 Å². The van der Waals surface area contributed by atoms with Gasteiger partial charge < -0.3 is 10.4 Å². The molecular weight excluding hydrogens is 420 g/mol. The lowest BCUT2D eigenvalue weighted by molar-refractivity contribution is 0.475. The van der Waals surface area contributed by atoms with E-state index in [2.05, 4.69) is 63.0 Å². The third-order valence-electron chi connectivity index (χ3n) is 6.39. The number of aromatic amines is 1. The second-order valence-corrected chi connectivity index (χ2v) is 8.64. The van der Waals surface area contributed by atoms with E-state index in [1.807, 2.05) is 36.5 Å². The monoisotopic (exact) mass is 444 g/mol. The van der Waals surface area contributed by atoms with Crippen molar-refractivity contribution in [2.24, 2.45) is 0 Å². The predicted octanol–water partition coefficient (Wildman–Crippen LogP) is 5.71. The molecule has 5 aromatic rings. The van der Waals surface area contributed by atoms with Gasteiger partial charge in [-0.2, -0.15) is 5.10 Å². The highest BCUT2D eigenvalue weighted by Crippen LogP contribution is 2.40. The van der Waals surface area contributed by atoms with Crippen LogP contribution < -0.4 is 5.32 Å². The van der Waals surface area contributed by atoms with Gasteiger partial charge in [-0.1, -0.05) is 60.7 Å². The number of hydrogen-bond donors (Lipinski definition) is 3. The number of hydrogen-bond acceptors (Lipinski definition) is 4. The Bertz CT molecular complexity index is 1440.